The molecule has 2 aromatic carbocycles. The smallest absolute Gasteiger partial charge is 0.165 e. The Hall–Kier alpha value is -1.74. The average molecular weight is 251 g/mol. The van der Waals surface area contributed by atoms with Crippen LogP contribution in [0.15, 0.2) is 36.4 Å². The van der Waals surface area contributed by atoms with E-state index in [2.05, 4.69) is 5.32 Å². The van der Waals surface area contributed by atoms with Crippen LogP contribution in [0.3, 0.4) is 0 Å². The zero-order chi connectivity index (χ0) is 12.4. The highest BCUT2D eigenvalue weighted by Crippen LogP contribution is 2.27. The standard InChI is InChI=1S/C13H12ClFN2/c1-8-5-6-9(16)7-12(8)17-11-4-2-3-10(14)13(11)15/h2-7,17H,16H2,1H3. The first-order valence-electron chi connectivity index (χ1n) is 5.15. The summed E-state index contributed by atoms with van der Waals surface area (Å²) in [5.41, 5.74) is 8.41. The van der Waals surface area contributed by atoms with Gasteiger partial charge in [0.2, 0.25) is 0 Å². The Morgan fingerprint density at radius 3 is 2.71 bits per heavy atom. The highest BCUT2D eigenvalue weighted by molar-refractivity contribution is 6.31. The lowest BCUT2D eigenvalue weighted by Crippen LogP contribution is -1.97. The van der Waals surface area contributed by atoms with E-state index in [0.29, 0.717) is 11.4 Å². The number of halogens is 2. The summed E-state index contributed by atoms with van der Waals surface area (Å²) < 4.78 is 13.7. The number of anilines is 3. The second-order valence-corrected chi connectivity index (χ2v) is 4.21. The largest absolute Gasteiger partial charge is 0.399 e. The molecule has 0 spiro atoms. The van der Waals surface area contributed by atoms with Gasteiger partial charge in [0.25, 0.3) is 0 Å². The minimum atomic E-state index is -0.462. The molecule has 0 aliphatic heterocycles. The van der Waals surface area contributed by atoms with Crippen LogP contribution < -0.4 is 11.1 Å². The molecule has 0 amide bonds. The molecule has 0 heterocycles. The Morgan fingerprint density at radius 2 is 1.94 bits per heavy atom. The molecule has 0 atom stereocenters. The van der Waals surface area contributed by atoms with E-state index in [9.17, 15) is 4.39 Å². The number of nitrogen functional groups attached to an aromatic ring is 1. The van der Waals surface area contributed by atoms with Crippen molar-refractivity contribution in [3.8, 4) is 0 Å². The van der Waals surface area contributed by atoms with Crippen molar-refractivity contribution in [1.29, 1.82) is 0 Å². The van der Waals surface area contributed by atoms with Crippen LogP contribution in [0.25, 0.3) is 0 Å². The lowest BCUT2D eigenvalue weighted by atomic mass is 10.1. The predicted octanol–water partition coefficient (Wildman–Crippen LogP) is 4.11. The molecule has 0 aliphatic rings. The summed E-state index contributed by atoms with van der Waals surface area (Å²) in [5.74, 6) is -0.462. The van der Waals surface area contributed by atoms with E-state index in [1.807, 2.05) is 13.0 Å². The third-order valence-electron chi connectivity index (χ3n) is 2.48. The van der Waals surface area contributed by atoms with Crippen LogP contribution in [0.5, 0.6) is 0 Å². The summed E-state index contributed by atoms with van der Waals surface area (Å²) in [6.45, 7) is 1.92. The Kier molecular flexibility index (Phi) is 3.20. The van der Waals surface area contributed by atoms with Crippen molar-refractivity contribution >= 4 is 28.7 Å². The summed E-state index contributed by atoms with van der Waals surface area (Å²) in [7, 11) is 0. The molecule has 17 heavy (non-hydrogen) atoms. The predicted molar refractivity (Wildman–Crippen MR) is 70.3 cm³/mol. The van der Waals surface area contributed by atoms with Gasteiger partial charge in [0.1, 0.15) is 0 Å². The minimum Gasteiger partial charge on any atom is -0.399 e. The van der Waals surface area contributed by atoms with E-state index in [4.69, 9.17) is 17.3 Å². The maximum atomic E-state index is 13.7. The van der Waals surface area contributed by atoms with Gasteiger partial charge in [-0.25, -0.2) is 4.39 Å². The second kappa shape index (κ2) is 4.63. The highest BCUT2D eigenvalue weighted by atomic mass is 35.5. The first-order valence-corrected chi connectivity index (χ1v) is 5.53. The SMILES string of the molecule is Cc1ccc(N)cc1Nc1cccc(Cl)c1F. The first kappa shape index (κ1) is 11.7. The second-order valence-electron chi connectivity index (χ2n) is 3.80. The van der Waals surface area contributed by atoms with Crippen molar-refractivity contribution in [2.45, 2.75) is 6.92 Å². The zero-order valence-electron chi connectivity index (χ0n) is 9.30. The van der Waals surface area contributed by atoms with Crippen molar-refractivity contribution < 1.29 is 4.39 Å². The van der Waals surface area contributed by atoms with Crippen LogP contribution in [0, 0.1) is 12.7 Å². The van der Waals surface area contributed by atoms with E-state index in [1.54, 1.807) is 24.3 Å². The molecule has 4 heteroatoms. The molecule has 3 N–H and O–H groups in total. The maximum absolute atomic E-state index is 13.7. The summed E-state index contributed by atoms with van der Waals surface area (Å²) >= 11 is 5.71. The number of nitrogens with one attached hydrogen (secondary N) is 1. The van der Waals surface area contributed by atoms with Gasteiger partial charge in [0.05, 0.1) is 10.7 Å². The molecule has 0 fully saturated rings. The van der Waals surface area contributed by atoms with E-state index >= 15 is 0 Å². The maximum Gasteiger partial charge on any atom is 0.165 e. The quantitative estimate of drug-likeness (QED) is 0.787. The summed E-state index contributed by atoms with van der Waals surface area (Å²) in [6.07, 6.45) is 0. The summed E-state index contributed by atoms with van der Waals surface area (Å²) in [5, 5.41) is 3.08. The fourth-order valence-electron chi connectivity index (χ4n) is 1.52. The molecule has 0 aromatic heterocycles. The molecule has 0 radical (unpaired) electrons. The lowest BCUT2D eigenvalue weighted by Gasteiger charge is -2.11. The Morgan fingerprint density at radius 1 is 1.18 bits per heavy atom. The monoisotopic (exact) mass is 250 g/mol. The third kappa shape index (κ3) is 2.50. The Bertz CT molecular complexity index is 555. The molecule has 88 valence electrons. The van der Waals surface area contributed by atoms with Crippen LogP contribution >= 0.6 is 11.6 Å². The lowest BCUT2D eigenvalue weighted by molar-refractivity contribution is 0.632. The topological polar surface area (TPSA) is 38.0 Å². The van der Waals surface area contributed by atoms with E-state index in [0.717, 1.165) is 11.3 Å². The van der Waals surface area contributed by atoms with Gasteiger partial charge in [0.15, 0.2) is 5.82 Å². The Labute approximate surface area is 104 Å². The van der Waals surface area contributed by atoms with Gasteiger partial charge in [-0.3, -0.25) is 0 Å². The molecular weight excluding hydrogens is 239 g/mol. The van der Waals surface area contributed by atoms with Gasteiger partial charge in [0, 0.05) is 11.4 Å². The van der Waals surface area contributed by atoms with Crippen LogP contribution in [0.2, 0.25) is 5.02 Å². The number of hydrogen-bond donors (Lipinski definition) is 2. The fourth-order valence-corrected chi connectivity index (χ4v) is 1.69. The van der Waals surface area contributed by atoms with Crippen LogP contribution in [-0.2, 0) is 0 Å². The minimum absolute atomic E-state index is 0.0940. The van der Waals surface area contributed by atoms with Crippen molar-refractivity contribution in [3.05, 3.63) is 52.8 Å². The molecule has 0 saturated carbocycles. The molecule has 0 saturated heterocycles. The zero-order valence-corrected chi connectivity index (χ0v) is 10.1. The Balaban J connectivity index is 2.38. The van der Waals surface area contributed by atoms with E-state index in [1.165, 1.54) is 6.07 Å². The van der Waals surface area contributed by atoms with Crippen LogP contribution in [-0.4, -0.2) is 0 Å². The van der Waals surface area contributed by atoms with E-state index in [-0.39, 0.29) is 5.02 Å². The summed E-state index contributed by atoms with van der Waals surface area (Å²) in [6, 6.07) is 10.3. The van der Waals surface area contributed by atoms with Gasteiger partial charge in [-0.1, -0.05) is 23.7 Å². The van der Waals surface area contributed by atoms with E-state index < -0.39 is 5.82 Å². The van der Waals surface area contributed by atoms with Crippen LogP contribution in [0.1, 0.15) is 5.56 Å². The molecular formula is C13H12ClFN2. The first-order chi connectivity index (χ1) is 8.08. The summed E-state index contributed by atoms with van der Waals surface area (Å²) in [4.78, 5) is 0. The molecule has 0 bridgehead atoms. The number of nitrogens with two attached hydrogens (primary N) is 1. The van der Waals surface area contributed by atoms with Gasteiger partial charge in [-0.05, 0) is 36.8 Å². The van der Waals surface area contributed by atoms with Crippen LogP contribution in [0.4, 0.5) is 21.5 Å². The van der Waals surface area contributed by atoms with Gasteiger partial charge in [-0.2, -0.15) is 0 Å². The molecule has 2 nitrogen and oxygen atoms in total. The fraction of sp³-hybridized carbons (Fsp3) is 0.0769. The number of aryl methyl sites for hydroxylation is 1. The third-order valence-corrected chi connectivity index (χ3v) is 2.77. The molecule has 0 aliphatic carbocycles. The molecule has 2 rings (SSSR count). The highest BCUT2D eigenvalue weighted by Gasteiger charge is 2.07. The van der Waals surface area contributed by atoms with Crippen molar-refractivity contribution in [1.82, 2.24) is 0 Å². The average Bonchev–Trinajstić information content (AvgIpc) is 2.30. The van der Waals surface area contributed by atoms with Crippen molar-refractivity contribution in [2.24, 2.45) is 0 Å². The normalized spacial score (nSPS) is 10.3. The number of benzene rings is 2. The van der Waals surface area contributed by atoms with Gasteiger partial charge in [-0.15, -0.1) is 0 Å². The molecule has 2 aromatic rings. The van der Waals surface area contributed by atoms with Crippen molar-refractivity contribution in [2.75, 3.05) is 11.1 Å². The van der Waals surface area contributed by atoms with Crippen molar-refractivity contribution in [3.63, 3.8) is 0 Å². The van der Waals surface area contributed by atoms with Gasteiger partial charge >= 0.3 is 0 Å². The molecule has 0 unspecified atom stereocenters. The van der Waals surface area contributed by atoms with Gasteiger partial charge < -0.3 is 11.1 Å². The number of hydrogen-bond acceptors (Lipinski definition) is 2. The number of rotatable bonds is 2.